The van der Waals surface area contributed by atoms with Crippen molar-refractivity contribution in [3.8, 4) is 17.2 Å². The Balaban J connectivity index is 2.26. The van der Waals surface area contributed by atoms with Gasteiger partial charge < -0.3 is 18.9 Å². The summed E-state index contributed by atoms with van der Waals surface area (Å²) in [5, 5.41) is 0. The number of esters is 1. The number of fused-ring (bicyclic) bond motifs is 1. The van der Waals surface area contributed by atoms with Crippen LogP contribution in [0.1, 0.15) is 27.6 Å². The molecule has 24 heavy (non-hydrogen) atoms. The van der Waals surface area contributed by atoms with Crippen molar-refractivity contribution < 1.29 is 28.1 Å². The fraction of sp³-hybridized carbons (Fsp3) is 0.235. The molecule has 7 heteroatoms. The molecule has 0 spiro atoms. The van der Waals surface area contributed by atoms with Gasteiger partial charge in [0.15, 0.2) is 17.6 Å². The van der Waals surface area contributed by atoms with E-state index in [1.165, 1.54) is 33.5 Å². The fourth-order valence-corrected chi connectivity index (χ4v) is 3.10. The zero-order valence-electron chi connectivity index (χ0n) is 13.2. The second-order valence-corrected chi connectivity index (χ2v) is 5.97. The van der Waals surface area contributed by atoms with Gasteiger partial charge in [-0.05, 0) is 18.2 Å². The first kappa shape index (κ1) is 16.6. The van der Waals surface area contributed by atoms with Crippen LogP contribution >= 0.6 is 15.9 Å². The van der Waals surface area contributed by atoms with E-state index in [-0.39, 0.29) is 16.9 Å². The van der Waals surface area contributed by atoms with E-state index in [9.17, 15) is 9.18 Å². The lowest BCUT2D eigenvalue weighted by atomic mass is 9.97. The summed E-state index contributed by atoms with van der Waals surface area (Å²) < 4.78 is 36.3. The van der Waals surface area contributed by atoms with E-state index in [1.807, 2.05) is 0 Å². The van der Waals surface area contributed by atoms with Crippen LogP contribution in [0.15, 0.2) is 28.7 Å². The molecule has 0 aliphatic carbocycles. The maximum absolute atomic E-state index is 14.4. The second kappa shape index (κ2) is 6.32. The Bertz CT molecular complexity index is 821. The van der Waals surface area contributed by atoms with Gasteiger partial charge in [-0.1, -0.05) is 22.0 Å². The number of rotatable bonds is 4. The van der Waals surface area contributed by atoms with Gasteiger partial charge in [0.1, 0.15) is 5.82 Å². The maximum Gasteiger partial charge on any atom is 0.339 e. The Morgan fingerprint density at radius 2 is 1.79 bits per heavy atom. The maximum atomic E-state index is 14.4. The van der Waals surface area contributed by atoms with E-state index in [0.29, 0.717) is 21.5 Å². The van der Waals surface area contributed by atoms with Crippen molar-refractivity contribution in [2.75, 3.05) is 21.3 Å². The Hall–Kier alpha value is -2.28. The summed E-state index contributed by atoms with van der Waals surface area (Å²) >= 11 is 3.21. The molecule has 0 radical (unpaired) electrons. The molecule has 2 aromatic carbocycles. The first-order chi connectivity index (χ1) is 11.5. The Kier molecular flexibility index (Phi) is 4.36. The molecular formula is C17H14BrFO5. The van der Waals surface area contributed by atoms with Crippen molar-refractivity contribution in [1.82, 2.24) is 0 Å². The van der Waals surface area contributed by atoms with Gasteiger partial charge in [0.25, 0.3) is 0 Å². The fourth-order valence-electron chi connectivity index (χ4n) is 2.77. The molecule has 1 heterocycles. The van der Waals surface area contributed by atoms with Crippen LogP contribution in [-0.2, 0) is 4.74 Å². The second-order valence-electron chi connectivity index (χ2n) is 5.06. The predicted octanol–water partition coefficient (Wildman–Crippen LogP) is 3.87. The zero-order chi connectivity index (χ0) is 17.4. The number of halogens is 2. The Labute approximate surface area is 146 Å². The molecule has 3 rings (SSSR count). The molecule has 2 aromatic rings. The van der Waals surface area contributed by atoms with Gasteiger partial charge in [0.2, 0.25) is 5.75 Å². The third-order valence-electron chi connectivity index (χ3n) is 3.82. The average Bonchev–Trinajstić information content (AvgIpc) is 2.89. The molecule has 0 bridgehead atoms. The third kappa shape index (κ3) is 2.49. The van der Waals surface area contributed by atoms with E-state index in [4.69, 9.17) is 18.9 Å². The molecule has 0 saturated heterocycles. The van der Waals surface area contributed by atoms with Gasteiger partial charge in [-0.15, -0.1) is 0 Å². The lowest BCUT2D eigenvalue weighted by Crippen LogP contribution is -2.05. The van der Waals surface area contributed by atoms with Gasteiger partial charge in [-0.25, -0.2) is 9.18 Å². The standard InChI is InChI=1S/C17H14BrFO5/c1-21-12-7-10-13(16(23-3)15(12)22-2)14(24-17(10)20)9-5-4-8(18)6-11(9)19/h4-7,14H,1-3H3/t14-/m0/s1. The van der Waals surface area contributed by atoms with Crippen LogP contribution in [-0.4, -0.2) is 27.3 Å². The van der Waals surface area contributed by atoms with E-state index >= 15 is 0 Å². The number of ether oxygens (including phenoxy) is 4. The number of carbonyl (C=O) groups excluding carboxylic acids is 1. The van der Waals surface area contributed by atoms with E-state index in [0.717, 1.165) is 0 Å². The number of benzene rings is 2. The zero-order valence-corrected chi connectivity index (χ0v) is 14.8. The van der Waals surface area contributed by atoms with Gasteiger partial charge in [0, 0.05) is 10.0 Å². The highest BCUT2D eigenvalue weighted by atomic mass is 79.9. The van der Waals surface area contributed by atoms with Crippen molar-refractivity contribution in [2.24, 2.45) is 0 Å². The molecular weight excluding hydrogens is 383 g/mol. The molecule has 0 fully saturated rings. The normalized spacial score (nSPS) is 15.7. The van der Waals surface area contributed by atoms with Crippen molar-refractivity contribution in [3.05, 3.63) is 51.2 Å². The highest BCUT2D eigenvalue weighted by Crippen LogP contribution is 2.50. The highest BCUT2D eigenvalue weighted by molar-refractivity contribution is 9.10. The average molecular weight is 397 g/mol. The molecule has 0 N–H and O–H groups in total. The molecule has 1 aliphatic heterocycles. The van der Waals surface area contributed by atoms with Crippen LogP contribution in [0.3, 0.4) is 0 Å². The summed E-state index contributed by atoms with van der Waals surface area (Å²) in [6.45, 7) is 0. The number of hydrogen-bond acceptors (Lipinski definition) is 5. The van der Waals surface area contributed by atoms with Crippen LogP contribution < -0.4 is 14.2 Å². The topological polar surface area (TPSA) is 54.0 Å². The first-order valence-corrected chi connectivity index (χ1v) is 7.79. The van der Waals surface area contributed by atoms with Crippen molar-refractivity contribution in [1.29, 1.82) is 0 Å². The first-order valence-electron chi connectivity index (χ1n) is 7.00. The van der Waals surface area contributed by atoms with E-state index in [2.05, 4.69) is 15.9 Å². The minimum Gasteiger partial charge on any atom is -0.493 e. The SMILES string of the molecule is COc1cc2c(c(OC)c1OC)[C@H](c1ccc(Br)cc1F)OC2=O. The monoisotopic (exact) mass is 396 g/mol. The van der Waals surface area contributed by atoms with Crippen molar-refractivity contribution in [3.63, 3.8) is 0 Å². The minimum atomic E-state index is -0.921. The number of methoxy groups -OCH3 is 3. The molecule has 0 amide bonds. The quantitative estimate of drug-likeness (QED) is 0.734. The Morgan fingerprint density at radius 1 is 1.08 bits per heavy atom. The van der Waals surface area contributed by atoms with E-state index < -0.39 is 17.9 Å². The molecule has 0 unspecified atom stereocenters. The highest BCUT2D eigenvalue weighted by Gasteiger charge is 2.39. The van der Waals surface area contributed by atoms with Crippen LogP contribution in [0.4, 0.5) is 4.39 Å². The van der Waals surface area contributed by atoms with Crippen molar-refractivity contribution in [2.45, 2.75) is 6.10 Å². The van der Waals surface area contributed by atoms with Crippen LogP contribution in [0.25, 0.3) is 0 Å². The minimum absolute atomic E-state index is 0.232. The summed E-state index contributed by atoms with van der Waals surface area (Å²) in [4.78, 5) is 12.3. The molecule has 1 atom stereocenters. The van der Waals surface area contributed by atoms with Crippen LogP contribution in [0, 0.1) is 5.82 Å². The third-order valence-corrected chi connectivity index (χ3v) is 4.31. The molecule has 5 nitrogen and oxygen atoms in total. The predicted molar refractivity (Wildman–Crippen MR) is 87.5 cm³/mol. The summed E-state index contributed by atoms with van der Waals surface area (Å²) in [5.74, 6) is -0.130. The molecule has 126 valence electrons. The molecule has 0 aromatic heterocycles. The molecule has 0 saturated carbocycles. The molecule has 1 aliphatic rings. The van der Waals surface area contributed by atoms with Gasteiger partial charge in [-0.2, -0.15) is 0 Å². The largest absolute Gasteiger partial charge is 0.493 e. The summed E-state index contributed by atoms with van der Waals surface area (Å²) in [7, 11) is 4.35. The van der Waals surface area contributed by atoms with Crippen molar-refractivity contribution >= 4 is 21.9 Å². The van der Waals surface area contributed by atoms with Gasteiger partial charge in [0.05, 0.1) is 32.5 Å². The summed E-state index contributed by atoms with van der Waals surface area (Å²) in [6.07, 6.45) is -0.921. The smallest absolute Gasteiger partial charge is 0.339 e. The van der Waals surface area contributed by atoms with Gasteiger partial charge in [-0.3, -0.25) is 0 Å². The van der Waals surface area contributed by atoms with E-state index in [1.54, 1.807) is 12.1 Å². The number of hydrogen-bond donors (Lipinski definition) is 0. The van der Waals surface area contributed by atoms with Gasteiger partial charge >= 0.3 is 5.97 Å². The lowest BCUT2D eigenvalue weighted by molar-refractivity contribution is 0.0449. The van der Waals surface area contributed by atoms with Crippen LogP contribution in [0.2, 0.25) is 0 Å². The summed E-state index contributed by atoms with van der Waals surface area (Å²) in [5.41, 5.74) is 0.911. The summed E-state index contributed by atoms with van der Waals surface area (Å²) in [6, 6.07) is 6.06. The number of carbonyl (C=O) groups is 1. The van der Waals surface area contributed by atoms with Crippen LogP contribution in [0.5, 0.6) is 17.2 Å². The lowest BCUT2D eigenvalue weighted by Gasteiger charge is -2.18. The Morgan fingerprint density at radius 3 is 2.38 bits per heavy atom. The number of cyclic esters (lactones) is 1.